The van der Waals surface area contributed by atoms with Gasteiger partial charge >= 0.3 is 0 Å². The molecule has 1 saturated carbocycles. The number of benzene rings is 1. The minimum absolute atomic E-state index is 0.0473. The van der Waals surface area contributed by atoms with Crippen molar-refractivity contribution in [3.8, 4) is 0 Å². The molecule has 0 heterocycles. The van der Waals surface area contributed by atoms with Crippen molar-refractivity contribution in [1.82, 2.24) is 0 Å². The van der Waals surface area contributed by atoms with Gasteiger partial charge in [0.1, 0.15) is 6.10 Å². The molecule has 2 unspecified atom stereocenters. The molecular weight excluding hydrogens is 292 g/mol. The van der Waals surface area contributed by atoms with Crippen molar-refractivity contribution >= 4 is 11.1 Å². The standard InChI is InChI=1S/C19H24O2S/c1-14-7-9-16(10-8-14)22(20)21-17-15(2)19(11-5-6-12-19)13-18(17,3)4/h5,7-11,17H,2,6,12-13H2,1,3-4H3/t17?,19-,22?/m1/s1. The first kappa shape index (κ1) is 15.7. The molecule has 3 rings (SSSR count). The van der Waals surface area contributed by atoms with Crippen LogP contribution >= 0.6 is 0 Å². The van der Waals surface area contributed by atoms with E-state index in [1.807, 2.05) is 31.2 Å². The van der Waals surface area contributed by atoms with Crippen LogP contribution in [-0.2, 0) is 15.3 Å². The SMILES string of the molecule is C=C1C(OS(=O)c2ccc(C)cc2)C(C)(C)C[C@]12C=CCC2. The zero-order valence-corrected chi connectivity index (χ0v) is 14.4. The van der Waals surface area contributed by atoms with Gasteiger partial charge in [-0.25, -0.2) is 4.21 Å². The van der Waals surface area contributed by atoms with Crippen LogP contribution in [0.4, 0.5) is 0 Å². The zero-order chi connectivity index (χ0) is 16.0. The van der Waals surface area contributed by atoms with E-state index in [2.05, 4.69) is 32.6 Å². The Kier molecular flexibility index (Phi) is 3.90. The van der Waals surface area contributed by atoms with Crippen LogP contribution in [0, 0.1) is 17.8 Å². The summed E-state index contributed by atoms with van der Waals surface area (Å²) in [4.78, 5) is 0.720. The van der Waals surface area contributed by atoms with Crippen molar-refractivity contribution in [2.24, 2.45) is 10.8 Å². The maximum absolute atomic E-state index is 12.6. The molecule has 1 fully saturated rings. The van der Waals surface area contributed by atoms with Crippen LogP contribution < -0.4 is 0 Å². The second-order valence-corrected chi connectivity index (χ2v) is 8.45. The highest BCUT2D eigenvalue weighted by atomic mass is 32.2. The molecule has 2 aliphatic carbocycles. The second kappa shape index (κ2) is 5.47. The van der Waals surface area contributed by atoms with E-state index in [4.69, 9.17) is 4.18 Å². The number of rotatable bonds is 3. The lowest BCUT2D eigenvalue weighted by Gasteiger charge is -2.26. The van der Waals surface area contributed by atoms with Gasteiger partial charge in [0, 0.05) is 5.41 Å². The Morgan fingerprint density at radius 1 is 1.27 bits per heavy atom. The highest BCUT2D eigenvalue weighted by Gasteiger charge is 2.53. The largest absolute Gasteiger partial charge is 0.278 e. The van der Waals surface area contributed by atoms with Gasteiger partial charge in [-0.3, -0.25) is 4.18 Å². The summed E-state index contributed by atoms with van der Waals surface area (Å²) < 4.78 is 18.6. The fourth-order valence-corrected chi connectivity index (χ4v) is 4.90. The van der Waals surface area contributed by atoms with Gasteiger partial charge in [0.05, 0.1) is 4.90 Å². The van der Waals surface area contributed by atoms with Crippen LogP contribution in [0.15, 0.2) is 53.5 Å². The van der Waals surface area contributed by atoms with Crippen LogP contribution in [0.25, 0.3) is 0 Å². The normalized spacial score (nSPS) is 31.0. The third kappa shape index (κ3) is 2.61. The molecule has 0 saturated heterocycles. The molecule has 0 radical (unpaired) electrons. The Hall–Kier alpha value is -1.19. The predicted molar refractivity (Wildman–Crippen MR) is 90.8 cm³/mol. The summed E-state index contributed by atoms with van der Waals surface area (Å²) >= 11 is -1.45. The third-order valence-corrected chi connectivity index (χ3v) is 6.05. The molecule has 22 heavy (non-hydrogen) atoms. The molecule has 0 aromatic heterocycles. The van der Waals surface area contributed by atoms with E-state index in [9.17, 15) is 4.21 Å². The number of allylic oxidation sites excluding steroid dienone is 2. The maximum atomic E-state index is 12.6. The fraction of sp³-hybridized carbons (Fsp3) is 0.474. The van der Waals surface area contributed by atoms with Gasteiger partial charge in [0.2, 0.25) is 0 Å². The van der Waals surface area contributed by atoms with E-state index in [1.54, 1.807) is 0 Å². The molecule has 3 atom stereocenters. The first-order valence-corrected chi connectivity index (χ1v) is 8.94. The second-order valence-electron chi connectivity index (χ2n) is 7.31. The van der Waals surface area contributed by atoms with E-state index < -0.39 is 11.1 Å². The van der Waals surface area contributed by atoms with E-state index in [-0.39, 0.29) is 16.9 Å². The van der Waals surface area contributed by atoms with Crippen molar-refractivity contribution in [2.75, 3.05) is 0 Å². The lowest BCUT2D eigenvalue weighted by Crippen LogP contribution is -2.28. The maximum Gasteiger partial charge on any atom is 0.189 e. The quantitative estimate of drug-likeness (QED) is 0.754. The van der Waals surface area contributed by atoms with Gasteiger partial charge < -0.3 is 0 Å². The van der Waals surface area contributed by atoms with Crippen LogP contribution in [0.3, 0.4) is 0 Å². The number of aryl methyl sites for hydroxylation is 1. The van der Waals surface area contributed by atoms with Crippen LogP contribution in [0.2, 0.25) is 0 Å². The Labute approximate surface area is 135 Å². The monoisotopic (exact) mass is 316 g/mol. The van der Waals surface area contributed by atoms with E-state index in [1.165, 1.54) is 0 Å². The fourth-order valence-electron chi connectivity index (χ4n) is 3.88. The summed E-state index contributed by atoms with van der Waals surface area (Å²) in [5.74, 6) is 0. The Balaban J connectivity index is 1.82. The highest BCUT2D eigenvalue weighted by Crippen LogP contribution is 2.58. The van der Waals surface area contributed by atoms with Gasteiger partial charge in [0.15, 0.2) is 11.1 Å². The summed E-state index contributed by atoms with van der Waals surface area (Å²) in [7, 11) is 0. The summed E-state index contributed by atoms with van der Waals surface area (Å²) in [5, 5.41) is 0. The van der Waals surface area contributed by atoms with Crippen molar-refractivity contribution < 1.29 is 8.39 Å². The molecule has 0 amide bonds. The Morgan fingerprint density at radius 3 is 2.55 bits per heavy atom. The van der Waals surface area contributed by atoms with Gasteiger partial charge in [-0.15, -0.1) is 0 Å². The number of hydrogen-bond acceptors (Lipinski definition) is 2. The molecule has 1 aromatic carbocycles. The first-order chi connectivity index (χ1) is 10.3. The lowest BCUT2D eigenvalue weighted by atomic mass is 9.80. The minimum Gasteiger partial charge on any atom is -0.278 e. The van der Waals surface area contributed by atoms with Crippen LogP contribution in [0.5, 0.6) is 0 Å². The first-order valence-electron chi connectivity index (χ1n) is 7.87. The van der Waals surface area contributed by atoms with Gasteiger partial charge in [-0.1, -0.05) is 50.3 Å². The van der Waals surface area contributed by atoms with Crippen molar-refractivity contribution in [3.05, 3.63) is 54.1 Å². The average molecular weight is 316 g/mol. The smallest absolute Gasteiger partial charge is 0.189 e. The van der Waals surface area contributed by atoms with Gasteiger partial charge in [0.25, 0.3) is 0 Å². The molecule has 0 bridgehead atoms. The zero-order valence-electron chi connectivity index (χ0n) is 13.6. The van der Waals surface area contributed by atoms with E-state index in [0.717, 1.165) is 35.3 Å². The molecule has 118 valence electrons. The Morgan fingerprint density at radius 2 is 1.95 bits per heavy atom. The molecule has 2 nitrogen and oxygen atoms in total. The topological polar surface area (TPSA) is 26.3 Å². The molecule has 3 heteroatoms. The molecule has 2 aliphatic rings. The lowest BCUT2D eigenvalue weighted by molar-refractivity contribution is 0.141. The van der Waals surface area contributed by atoms with E-state index in [0.29, 0.717) is 0 Å². The average Bonchev–Trinajstić information content (AvgIpc) is 2.99. The van der Waals surface area contributed by atoms with Gasteiger partial charge in [-0.05, 0) is 49.3 Å². The van der Waals surface area contributed by atoms with Crippen molar-refractivity contribution in [1.29, 1.82) is 0 Å². The summed E-state index contributed by atoms with van der Waals surface area (Å²) in [6.07, 6.45) is 7.58. The summed E-state index contributed by atoms with van der Waals surface area (Å²) in [5.41, 5.74) is 2.24. The molecule has 0 N–H and O–H groups in total. The highest BCUT2D eigenvalue weighted by molar-refractivity contribution is 7.80. The Bertz CT molecular complexity index is 642. The summed E-state index contributed by atoms with van der Waals surface area (Å²) in [6, 6.07) is 7.68. The molecular formula is C19H24O2S. The third-order valence-electron chi connectivity index (χ3n) is 5.03. The molecule has 0 aliphatic heterocycles. The molecule has 1 spiro atoms. The van der Waals surface area contributed by atoms with Gasteiger partial charge in [-0.2, -0.15) is 0 Å². The number of hydrogen-bond donors (Lipinski definition) is 0. The van der Waals surface area contributed by atoms with Crippen molar-refractivity contribution in [2.45, 2.75) is 51.0 Å². The van der Waals surface area contributed by atoms with Crippen LogP contribution in [0.1, 0.15) is 38.7 Å². The summed E-state index contributed by atoms with van der Waals surface area (Å²) in [6.45, 7) is 10.7. The van der Waals surface area contributed by atoms with Crippen molar-refractivity contribution in [3.63, 3.8) is 0 Å². The van der Waals surface area contributed by atoms with E-state index >= 15 is 0 Å². The molecule has 1 aromatic rings. The van der Waals surface area contributed by atoms with Crippen LogP contribution in [-0.4, -0.2) is 10.3 Å². The predicted octanol–water partition coefficient (Wildman–Crippen LogP) is 4.73. The minimum atomic E-state index is -1.45.